The minimum absolute atomic E-state index is 0.272. The molecule has 0 fully saturated rings. The van der Waals surface area contributed by atoms with Crippen molar-refractivity contribution >= 4 is 17.5 Å². The van der Waals surface area contributed by atoms with Crippen molar-refractivity contribution in [1.29, 1.82) is 0 Å². The highest BCUT2D eigenvalue weighted by molar-refractivity contribution is 6.39. The van der Waals surface area contributed by atoms with Gasteiger partial charge in [-0.15, -0.1) is 0 Å². The van der Waals surface area contributed by atoms with E-state index < -0.39 is 11.8 Å². The lowest BCUT2D eigenvalue weighted by Gasteiger charge is -2.14. The molecule has 0 aromatic heterocycles. The lowest BCUT2D eigenvalue weighted by Crippen LogP contribution is -2.13. The minimum Gasteiger partial charge on any atom is -0.507 e. The monoisotopic (exact) mass is 306 g/mol. The summed E-state index contributed by atoms with van der Waals surface area (Å²) in [6.45, 7) is 8.37. The maximum Gasteiger partial charge on any atom is 0.378 e. The summed E-state index contributed by atoms with van der Waals surface area (Å²) in [6, 6.07) is 3.53. The summed E-state index contributed by atoms with van der Waals surface area (Å²) >= 11 is 0. The molecular weight excluding hydrogens is 284 g/mol. The van der Waals surface area contributed by atoms with Gasteiger partial charge < -0.3 is 14.6 Å². The highest BCUT2D eigenvalue weighted by Gasteiger charge is 2.15. The van der Waals surface area contributed by atoms with Crippen LogP contribution in [0.3, 0.4) is 0 Å². The average Bonchev–Trinajstić information content (AvgIpc) is 2.46. The number of aliphatic hydroxyl groups excluding tert-OH is 1. The molecule has 0 aliphatic carbocycles. The summed E-state index contributed by atoms with van der Waals surface area (Å²) in [5.74, 6) is -1.05. The number of rotatable bonds is 6. The molecule has 0 radical (unpaired) electrons. The van der Waals surface area contributed by atoms with Crippen LogP contribution in [-0.4, -0.2) is 30.6 Å². The zero-order chi connectivity index (χ0) is 16.9. The fourth-order valence-electron chi connectivity index (χ4n) is 1.84. The number of aryl methyl sites for hydroxylation is 2. The van der Waals surface area contributed by atoms with Gasteiger partial charge in [0.25, 0.3) is 5.78 Å². The molecule has 0 bridgehead atoms. The molecule has 1 N–H and O–H groups in total. The standard InChI is InChI=1S/C17H22O5/c1-10(2)9-22-16-7-11(3)13(6-12(16)4)14(18)8-15(19)17(20)21-5/h6-8,10,18H,9H2,1-5H3/b14-8-. The number of methoxy groups -OCH3 is 1. The van der Waals surface area contributed by atoms with Gasteiger partial charge in [0.15, 0.2) is 0 Å². The summed E-state index contributed by atoms with van der Waals surface area (Å²) in [4.78, 5) is 22.5. The van der Waals surface area contributed by atoms with Crippen LogP contribution in [0.1, 0.15) is 30.5 Å². The van der Waals surface area contributed by atoms with Gasteiger partial charge in [0.05, 0.1) is 13.7 Å². The van der Waals surface area contributed by atoms with E-state index in [4.69, 9.17) is 4.74 Å². The lowest BCUT2D eigenvalue weighted by molar-refractivity contribution is -0.149. The summed E-state index contributed by atoms with van der Waals surface area (Å²) in [5, 5.41) is 10.0. The molecule has 120 valence electrons. The number of aliphatic hydroxyl groups is 1. The van der Waals surface area contributed by atoms with Crippen LogP contribution in [-0.2, 0) is 14.3 Å². The fourth-order valence-corrected chi connectivity index (χ4v) is 1.84. The van der Waals surface area contributed by atoms with Crippen LogP contribution in [0.2, 0.25) is 0 Å². The molecule has 1 rings (SSSR count). The molecule has 0 saturated heterocycles. The highest BCUT2D eigenvalue weighted by atomic mass is 16.5. The number of carbonyl (C=O) groups excluding carboxylic acids is 2. The second kappa shape index (κ2) is 7.64. The predicted molar refractivity (Wildman–Crippen MR) is 83.9 cm³/mol. The third-order valence-corrected chi connectivity index (χ3v) is 3.02. The Morgan fingerprint density at radius 2 is 1.86 bits per heavy atom. The number of hydrogen-bond donors (Lipinski definition) is 1. The van der Waals surface area contributed by atoms with E-state index in [1.54, 1.807) is 19.1 Å². The van der Waals surface area contributed by atoms with Crippen molar-refractivity contribution in [2.75, 3.05) is 13.7 Å². The lowest BCUT2D eigenvalue weighted by atomic mass is 10.0. The van der Waals surface area contributed by atoms with Crippen LogP contribution in [0, 0.1) is 19.8 Å². The van der Waals surface area contributed by atoms with Crippen LogP contribution in [0.15, 0.2) is 18.2 Å². The minimum atomic E-state index is -1.02. The molecular formula is C17H22O5. The van der Waals surface area contributed by atoms with E-state index in [1.165, 1.54) is 0 Å². The quantitative estimate of drug-likeness (QED) is 0.378. The zero-order valence-corrected chi connectivity index (χ0v) is 13.6. The molecule has 0 aliphatic heterocycles. The summed E-state index contributed by atoms with van der Waals surface area (Å²) < 4.78 is 10.0. The molecule has 0 amide bonds. The van der Waals surface area contributed by atoms with Crippen LogP contribution < -0.4 is 4.74 Å². The Balaban J connectivity index is 3.06. The molecule has 0 heterocycles. The van der Waals surface area contributed by atoms with E-state index in [9.17, 15) is 14.7 Å². The Hall–Kier alpha value is -2.30. The van der Waals surface area contributed by atoms with Gasteiger partial charge in [0.2, 0.25) is 0 Å². The largest absolute Gasteiger partial charge is 0.507 e. The number of carbonyl (C=O) groups is 2. The normalized spacial score (nSPS) is 11.5. The van der Waals surface area contributed by atoms with Crippen molar-refractivity contribution in [2.45, 2.75) is 27.7 Å². The molecule has 22 heavy (non-hydrogen) atoms. The smallest absolute Gasteiger partial charge is 0.378 e. The first-order chi connectivity index (χ1) is 10.3. The van der Waals surface area contributed by atoms with Crippen LogP contribution in [0.5, 0.6) is 5.75 Å². The first-order valence-corrected chi connectivity index (χ1v) is 7.03. The first-order valence-electron chi connectivity index (χ1n) is 7.03. The second-order valence-electron chi connectivity index (χ2n) is 5.52. The molecule has 0 atom stereocenters. The van der Waals surface area contributed by atoms with Crippen molar-refractivity contribution in [2.24, 2.45) is 5.92 Å². The SMILES string of the molecule is COC(=O)C(=O)/C=C(\O)c1cc(C)c(OCC(C)C)cc1C. The van der Waals surface area contributed by atoms with Gasteiger partial charge in [-0.1, -0.05) is 13.8 Å². The Morgan fingerprint density at radius 3 is 2.41 bits per heavy atom. The second-order valence-corrected chi connectivity index (χ2v) is 5.52. The molecule has 5 heteroatoms. The first kappa shape index (κ1) is 17.8. The van der Waals surface area contributed by atoms with Gasteiger partial charge >= 0.3 is 5.97 Å². The molecule has 5 nitrogen and oxygen atoms in total. The van der Waals surface area contributed by atoms with E-state index in [0.717, 1.165) is 30.1 Å². The van der Waals surface area contributed by atoms with E-state index in [1.807, 2.05) is 6.92 Å². The van der Waals surface area contributed by atoms with E-state index in [0.29, 0.717) is 18.1 Å². The van der Waals surface area contributed by atoms with E-state index in [-0.39, 0.29) is 5.76 Å². The number of ketones is 1. The molecule has 1 aromatic rings. The number of ether oxygens (including phenoxy) is 2. The van der Waals surface area contributed by atoms with Gasteiger partial charge in [-0.25, -0.2) is 4.79 Å². The number of benzene rings is 1. The highest BCUT2D eigenvalue weighted by Crippen LogP contribution is 2.27. The zero-order valence-electron chi connectivity index (χ0n) is 13.6. The van der Waals surface area contributed by atoms with Gasteiger partial charge in [0.1, 0.15) is 11.5 Å². The number of hydrogen-bond acceptors (Lipinski definition) is 5. The Morgan fingerprint density at radius 1 is 1.23 bits per heavy atom. The molecule has 0 unspecified atom stereocenters. The maximum atomic E-state index is 11.5. The van der Waals surface area contributed by atoms with Crippen molar-refractivity contribution in [3.05, 3.63) is 34.9 Å². The van der Waals surface area contributed by atoms with Gasteiger partial charge in [0, 0.05) is 11.6 Å². The van der Waals surface area contributed by atoms with Gasteiger partial charge in [-0.2, -0.15) is 0 Å². The van der Waals surface area contributed by atoms with Gasteiger partial charge in [-0.3, -0.25) is 4.79 Å². The van der Waals surface area contributed by atoms with Crippen molar-refractivity contribution in [3.8, 4) is 5.75 Å². The van der Waals surface area contributed by atoms with Crippen LogP contribution in [0.4, 0.5) is 0 Å². The maximum absolute atomic E-state index is 11.5. The molecule has 0 aliphatic rings. The third kappa shape index (κ3) is 4.62. The summed E-state index contributed by atoms with van der Waals surface area (Å²) in [5.41, 5.74) is 2.06. The van der Waals surface area contributed by atoms with Gasteiger partial charge in [-0.05, 0) is 43.0 Å². The Kier molecular flexibility index (Phi) is 6.16. The fraction of sp³-hybridized carbons (Fsp3) is 0.412. The van der Waals surface area contributed by atoms with E-state index in [2.05, 4.69) is 18.6 Å². The third-order valence-electron chi connectivity index (χ3n) is 3.02. The predicted octanol–water partition coefficient (Wildman–Crippen LogP) is 2.98. The molecule has 0 saturated carbocycles. The summed E-state index contributed by atoms with van der Waals surface area (Å²) in [7, 11) is 1.11. The van der Waals surface area contributed by atoms with Crippen LogP contribution in [0.25, 0.3) is 5.76 Å². The number of esters is 1. The van der Waals surface area contributed by atoms with Crippen molar-refractivity contribution in [1.82, 2.24) is 0 Å². The molecule has 0 spiro atoms. The summed E-state index contributed by atoms with van der Waals surface area (Å²) in [6.07, 6.45) is 0.863. The molecule has 1 aromatic carbocycles. The van der Waals surface area contributed by atoms with E-state index >= 15 is 0 Å². The van der Waals surface area contributed by atoms with Crippen LogP contribution >= 0.6 is 0 Å². The topological polar surface area (TPSA) is 72.8 Å². The van der Waals surface area contributed by atoms with Crippen molar-refractivity contribution in [3.63, 3.8) is 0 Å². The Labute approximate surface area is 130 Å². The van der Waals surface area contributed by atoms with Crippen molar-refractivity contribution < 1.29 is 24.2 Å². The average molecular weight is 306 g/mol. The Bertz CT molecular complexity index is 599.